The summed E-state index contributed by atoms with van der Waals surface area (Å²) in [4.78, 5) is 12.0. The molecular weight excluding hydrogens is 280 g/mol. The van der Waals surface area contributed by atoms with Crippen molar-refractivity contribution in [3.8, 4) is 5.75 Å². The second kappa shape index (κ2) is 7.11. The highest BCUT2D eigenvalue weighted by Crippen LogP contribution is 2.19. The van der Waals surface area contributed by atoms with Gasteiger partial charge < -0.3 is 14.6 Å². The quantitative estimate of drug-likeness (QED) is 0.890. The first-order chi connectivity index (χ1) is 10.5. The zero-order valence-electron chi connectivity index (χ0n) is 13.5. The van der Waals surface area contributed by atoms with Gasteiger partial charge in [0.05, 0.1) is 19.2 Å². The van der Waals surface area contributed by atoms with E-state index >= 15 is 0 Å². The van der Waals surface area contributed by atoms with Gasteiger partial charge in [-0.2, -0.15) is 0 Å². The van der Waals surface area contributed by atoms with Gasteiger partial charge in [-0.25, -0.2) is 0 Å². The first kappa shape index (κ1) is 16.1. The van der Waals surface area contributed by atoms with Crippen molar-refractivity contribution >= 4 is 5.91 Å². The fraction of sp³-hybridized carbons (Fsp3) is 0.412. The lowest BCUT2D eigenvalue weighted by molar-refractivity contribution is -0.120. The fourth-order valence-electron chi connectivity index (χ4n) is 2.42. The Morgan fingerprint density at radius 1 is 1.32 bits per heavy atom. The fourth-order valence-corrected chi connectivity index (χ4v) is 2.42. The van der Waals surface area contributed by atoms with Crippen LogP contribution in [0.5, 0.6) is 5.75 Å². The Morgan fingerprint density at radius 2 is 2.09 bits per heavy atom. The second-order valence-corrected chi connectivity index (χ2v) is 5.39. The van der Waals surface area contributed by atoms with Gasteiger partial charge in [-0.3, -0.25) is 4.79 Å². The van der Waals surface area contributed by atoms with Gasteiger partial charge in [-0.1, -0.05) is 22.9 Å². The SMILES string of the molecule is COc1ccc(C)cc1CCNC(=O)Cc1c(C)noc1C. The summed E-state index contributed by atoms with van der Waals surface area (Å²) in [5, 5.41) is 6.79. The van der Waals surface area contributed by atoms with Gasteiger partial charge in [0.1, 0.15) is 11.5 Å². The van der Waals surface area contributed by atoms with Crippen LogP contribution in [0.15, 0.2) is 22.7 Å². The third-order valence-corrected chi connectivity index (χ3v) is 3.67. The van der Waals surface area contributed by atoms with E-state index < -0.39 is 0 Å². The van der Waals surface area contributed by atoms with Crippen molar-refractivity contribution in [1.82, 2.24) is 10.5 Å². The summed E-state index contributed by atoms with van der Waals surface area (Å²) in [7, 11) is 1.66. The summed E-state index contributed by atoms with van der Waals surface area (Å²) in [5.74, 6) is 1.53. The molecule has 0 saturated heterocycles. The molecule has 0 aliphatic rings. The summed E-state index contributed by atoms with van der Waals surface area (Å²) in [6.45, 7) is 6.28. The molecule has 2 aromatic rings. The number of amides is 1. The van der Waals surface area contributed by atoms with Gasteiger partial charge in [0, 0.05) is 12.1 Å². The Kier molecular flexibility index (Phi) is 5.20. The number of hydrogen-bond donors (Lipinski definition) is 1. The normalized spacial score (nSPS) is 10.5. The Labute approximate surface area is 130 Å². The molecule has 0 atom stereocenters. The molecule has 0 aliphatic heterocycles. The number of nitrogens with zero attached hydrogens (tertiary/aromatic N) is 1. The minimum atomic E-state index is -0.0268. The summed E-state index contributed by atoms with van der Waals surface area (Å²) in [6.07, 6.45) is 1.03. The standard InChI is InChI=1S/C17H22N2O3/c1-11-5-6-16(21-4)14(9-11)7-8-18-17(20)10-15-12(2)19-22-13(15)3/h5-6,9H,7-8,10H2,1-4H3,(H,18,20). The third-order valence-electron chi connectivity index (χ3n) is 3.67. The highest BCUT2D eigenvalue weighted by atomic mass is 16.5. The molecular formula is C17H22N2O3. The average molecular weight is 302 g/mol. The topological polar surface area (TPSA) is 64.4 Å². The van der Waals surface area contributed by atoms with Crippen molar-refractivity contribution < 1.29 is 14.1 Å². The van der Waals surface area contributed by atoms with Gasteiger partial charge >= 0.3 is 0 Å². The third kappa shape index (κ3) is 3.87. The molecule has 5 nitrogen and oxygen atoms in total. The van der Waals surface area contributed by atoms with Crippen molar-refractivity contribution in [2.45, 2.75) is 33.6 Å². The van der Waals surface area contributed by atoms with Crippen LogP contribution >= 0.6 is 0 Å². The summed E-state index contributed by atoms with van der Waals surface area (Å²) >= 11 is 0. The van der Waals surface area contributed by atoms with Gasteiger partial charge in [0.2, 0.25) is 5.91 Å². The molecule has 0 spiro atoms. The zero-order valence-corrected chi connectivity index (χ0v) is 13.5. The molecule has 0 unspecified atom stereocenters. The van der Waals surface area contributed by atoms with Crippen molar-refractivity contribution in [3.05, 3.63) is 46.3 Å². The monoisotopic (exact) mass is 302 g/mol. The smallest absolute Gasteiger partial charge is 0.224 e. The molecule has 1 aromatic carbocycles. The van der Waals surface area contributed by atoms with Crippen LogP contribution in [0.4, 0.5) is 0 Å². The van der Waals surface area contributed by atoms with Crippen molar-refractivity contribution in [2.75, 3.05) is 13.7 Å². The van der Waals surface area contributed by atoms with Gasteiger partial charge in [0.25, 0.3) is 0 Å². The number of benzene rings is 1. The first-order valence-corrected chi connectivity index (χ1v) is 7.33. The maximum Gasteiger partial charge on any atom is 0.224 e. The van der Waals surface area contributed by atoms with E-state index in [1.807, 2.05) is 32.9 Å². The molecule has 1 aromatic heterocycles. The van der Waals surface area contributed by atoms with Gasteiger partial charge in [0.15, 0.2) is 0 Å². The minimum Gasteiger partial charge on any atom is -0.496 e. The van der Waals surface area contributed by atoms with Crippen LogP contribution in [0.3, 0.4) is 0 Å². The van der Waals surface area contributed by atoms with E-state index in [-0.39, 0.29) is 5.91 Å². The Balaban J connectivity index is 1.89. The maximum atomic E-state index is 12.0. The molecule has 0 saturated carbocycles. The van der Waals surface area contributed by atoms with Crippen LogP contribution in [0.25, 0.3) is 0 Å². The van der Waals surface area contributed by atoms with E-state index in [0.29, 0.717) is 18.7 Å². The van der Waals surface area contributed by atoms with Crippen LogP contribution in [0.2, 0.25) is 0 Å². The molecule has 5 heteroatoms. The molecule has 0 bridgehead atoms. The summed E-state index contributed by atoms with van der Waals surface area (Å²) in [5.41, 5.74) is 3.91. The zero-order chi connectivity index (χ0) is 16.1. The van der Waals surface area contributed by atoms with Crippen LogP contribution in [-0.2, 0) is 17.6 Å². The maximum absolute atomic E-state index is 12.0. The molecule has 1 heterocycles. The van der Waals surface area contributed by atoms with E-state index in [9.17, 15) is 4.79 Å². The molecule has 118 valence electrons. The molecule has 1 N–H and O–H groups in total. The minimum absolute atomic E-state index is 0.0268. The number of carbonyl (C=O) groups is 1. The summed E-state index contributed by atoms with van der Waals surface area (Å²) in [6, 6.07) is 6.05. The van der Waals surface area contributed by atoms with Gasteiger partial charge in [-0.05, 0) is 38.8 Å². The van der Waals surface area contributed by atoms with E-state index in [2.05, 4.69) is 16.5 Å². The molecule has 0 fully saturated rings. The van der Waals surface area contributed by atoms with Crippen molar-refractivity contribution in [3.63, 3.8) is 0 Å². The van der Waals surface area contributed by atoms with Crippen molar-refractivity contribution in [1.29, 1.82) is 0 Å². The summed E-state index contributed by atoms with van der Waals surface area (Å²) < 4.78 is 10.4. The Morgan fingerprint density at radius 3 is 2.73 bits per heavy atom. The highest BCUT2D eigenvalue weighted by molar-refractivity contribution is 5.79. The number of ether oxygens (including phenoxy) is 1. The number of aromatic nitrogens is 1. The Hall–Kier alpha value is -2.30. The molecule has 2 rings (SSSR count). The number of hydrogen-bond acceptors (Lipinski definition) is 4. The number of nitrogens with one attached hydrogen (secondary N) is 1. The average Bonchev–Trinajstić information content (AvgIpc) is 2.79. The largest absolute Gasteiger partial charge is 0.496 e. The molecule has 0 radical (unpaired) electrons. The number of methoxy groups -OCH3 is 1. The lowest BCUT2D eigenvalue weighted by Gasteiger charge is -2.10. The highest BCUT2D eigenvalue weighted by Gasteiger charge is 2.13. The lowest BCUT2D eigenvalue weighted by Crippen LogP contribution is -2.27. The van der Waals surface area contributed by atoms with Crippen LogP contribution in [0, 0.1) is 20.8 Å². The predicted octanol–water partition coefficient (Wildman–Crippen LogP) is 2.51. The van der Waals surface area contributed by atoms with Crippen LogP contribution in [0.1, 0.15) is 28.1 Å². The van der Waals surface area contributed by atoms with E-state index in [1.54, 1.807) is 7.11 Å². The predicted molar refractivity (Wildman–Crippen MR) is 84.1 cm³/mol. The number of aryl methyl sites for hydroxylation is 3. The molecule has 22 heavy (non-hydrogen) atoms. The molecule has 1 amide bonds. The van der Waals surface area contributed by atoms with E-state index in [0.717, 1.165) is 29.0 Å². The molecule has 0 aliphatic carbocycles. The number of rotatable bonds is 6. The van der Waals surface area contributed by atoms with Gasteiger partial charge in [-0.15, -0.1) is 0 Å². The number of carbonyl (C=O) groups excluding carboxylic acids is 1. The van der Waals surface area contributed by atoms with E-state index in [4.69, 9.17) is 9.26 Å². The lowest BCUT2D eigenvalue weighted by atomic mass is 10.1. The second-order valence-electron chi connectivity index (χ2n) is 5.39. The first-order valence-electron chi connectivity index (χ1n) is 7.33. The Bertz CT molecular complexity index is 642. The van der Waals surface area contributed by atoms with Crippen molar-refractivity contribution in [2.24, 2.45) is 0 Å². The van der Waals surface area contributed by atoms with Crippen LogP contribution in [-0.4, -0.2) is 24.7 Å². The van der Waals surface area contributed by atoms with E-state index in [1.165, 1.54) is 5.56 Å². The van der Waals surface area contributed by atoms with Crippen LogP contribution < -0.4 is 10.1 Å².